The number of hydrogen-bond acceptors (Lipinski definition) is 0. The van der Waals surface area contributed by atoms with Gasteiger partial charge in [-0.2, -0.15) is 0 Å². The molecule has 0 saturated heterocycles. The van der Waals surface area contributed by atoms with Crippen molar-refractivity contribution in [3.05, 3.63) is 42.3 Å². The topological polar surface area (TPSA) is 0 Å². The number of hydrogen-bond donors (Lipinski definition) is 0. The van der Waals surface area contributed by atoms with Gasteiger partial charge < -0.3 is 0 Å². The van der Waals surface area contributed by atoms with E-state index in [2.05, 4.69) is 6.92 Å². The van der Waals surface area contributed by atoms with Crippen LogP contribution in [0.15, 0.2) is 18.2 Å². The summed E-state index contributed by atoms with van der Waals surface area (Å²) in [6.45, 7) is 3.05. The summed E-state index contributed by atoms with van der Waals surface area (Å²) in [5.74, 6) is -3.14. The summed E-state index contributed by atoms with van der Waals surface area (Å²) in [7, 11) is 0. The third kappa shape index (κ3) is 2.20. The van der Waals surface area contributed by atoms with Gasteiger partial charge in [0, 0.05) is 5.92 Å². The van der Waals surface area contributed by atoms with Crippen molar-refractivity contribution in [3.63, 3.8) is 0 Å². The third-order valence-electron chi connectivity index (χ3n) is 1.66. The van der Waals surface area contributed by atoms with E-state index in [1.807, 2.05) is 0 Å². The molecule has 1 unspecified atom stereocenters. The van der Waals surface area contributed by atoms with Gasteiger partial charge in [0.05, 0.1) is 0 Å². The SMILES string of the molecule is [CH2]C(c1cc(F)ccc1F)C(F)F. The van der Waals surface area contributed by atoms with Gasteiger partial charge in [0.1, 0.15) is 11.6 Å². The maximum absolute atomic E-state index is 12.8. The van der Waals surface area contributed by atoms with E-state index in [4.69, 9.17) is 0 Å². The van der Waals surface area contributed by atoms with Crippen LogP contribution >= 0.6 is 0 Å². The minimum Gasteiger partial charge on any atom is -0.210 e. The molecule has 1 aromatic carbocycles. The molecule has 4 heteroatoms. The Morgan fingerprint density at radius 3 is 2.31 bits per heavy atom. The number of benzene rings is 1. The average Bonchev–Trinajstić information content (AvgIpc) is 2.08. The van der Waals surface area contributed by atoms with Crippen LogP contribution in [0.4, 0.5) is 17.6 Å². The Kier molecular flexibility index (Phi) is 2.90. The van der Waals surface area contributed by atoms with Gasteiger partial charge in [0.15, 0.2) is 0 Å². The van der Waals surface area contributed by atoms with Crippen molar-refractivity contribution < 1.29 is 17.6 Å². The maximum Gasteiger partial charge on any atom is 0.245 e. The molecule has 71 valence electrons. The zero-order valence-electron chi connectivity index (χ0n) is 6.61. The van der Waals surface area contributed by atoms with E-state index in [0.29, 0.717) is 0 Å². The van der Waals surface area contributed by atoms with Crippen molar-refractivity contribution in [1.29, 1.82) is 0 Å². The molecule has 1 radical (unpaired) electrons. The van der Waals surface area contributed by atoms with Crippen LogP contribution in [-0.2, 0) is 0 Å². The lowest BCUT2D eigenvalue weighted by molar-refractivity contribution is 0.129. The molecule has 0 amide bonds. The van der Waals surface area contributed by atoms with Gasteiger partial charge in [0.25, 0.3) is 0 Å². The summed E-state index contributed by atoms with van der Waals surface area (Å²) in [4.78, 5) is 0. The number of rotatable bonds is 2. The summed E-state index contributed by atoms with van der Waals surface area (Å²) < 4.78 is 49.5. The van der Waals surface area contributed by atoms with Crippen LogP contribution in [0.25, 0.3) is 0 Å². The molecule has 0 nitrogen and oxygen atoms in total. The molecule has 0 heterocycles. The maximum atomic E-state index is 12.8. The van der Waals surface area contributed by atoms with Crippen LogP contribution in [0.1, 0.15) is 11.5 Å². The molecule has 0 fully saturated rings. The summed E-state index contributed by atoms with van der Waals surface area (Å²) in [5.41, 5.74) is -0.394. The van der Waals surface area contributed by atoms with Gasteiger partial charge in [-0.3, -0.25) is 0 Å². The second-order valence-electron chi connectivity index (χ2n) is 2.61. The highest BCUT2D eigenvalue weighted by atomic mass is 19.3. The highest BCUT2D eigenvalue weighted by Gasteiger charge is 2.20. The van der Waals surface area contributed by atoms with Gasteiger partial charge in [-0.1, -0.05) is 0 Å². The van der Waals surface area contributed by atoms with E-state index in [0.717, 1.165) is 18.2 Å². The zero-order valence-corrected chi connectivity index (χ0v) is 6.61. The summed E-state index contributed by atoms with van der Waals surface area (Å²) in [6, 6.07) is 2.42. The molecule has 1 atom stereocenters. The molecule has 0 bridgehead atoms. The summed E-state index contributed by atoms with van der Waals surface area (Å²) in [6.07, 6.45) is -2.80. The molecule has 1 rings (SSSR count). The van der Waals surface area contributed by atoms with E-state index < -0.39 is 29.5 Å². The highest BCUT2D eigenvalue weighted by molar-refractivity contribution is 5.24. The molecule has 0 aliphatic rings. The molecule has 0 aliphatic heterocycles. The first kappa shape index (κ1) is 10.0. The standard InChI is InChI=1S/C9H7F4/c1-5(9(12)13)7-4-6(10)2-3-8(7)11/h2-5,9H,1H2. The van der Waals surface area contributed by atoms with E-state index in [1.54, 1.807) is 0 Å². The first-order chi connectivity index (χ1) is 6.02. The van der Waals surface area contributed by atoms with Crippen molar-refractivity contribution in [2.45, 2.75) is 12.3 Å². The number of halogens is 4. The monoisotopic (exact) mass is 191 g/mol. The second kappa shape index (κ2) is 3.77. The van der Waals surface area contributed by atoms with E-state index in [9.17, 15) is 17.6 Å². The predicted octanol–water partition coefficient (Wildman–Crippen LogP) is 3.15. The average molecular weight is 191 g/mol. The molecule has 13 heavy (non-hydrogen) atoms. The van der Waals surface area contributed by atoms with Crippen molar-refractivity contribution in [2.75, 3.05) is 0 Å². The lowest BCUT2D eigenvalue weighted by Gasteiger charge is -2.10. The first-order valence-corrected chi connectivity index (χ1v) is 3.58. The van der Waals surface area contributed by atoms with E-state index in [1.165, 1.54) is 0 Å². The van der Waals surface area contributed by atoms with Crippen LogP contribution < -0.4 is 0 Å². The fourth-order valence-electron chi connectivity index (χ4n) is 0.934. The van der Waals surface area contributed by atoms with Gasteiger partial charge in [0.2, 0.25) is 6.43 Å². The van der Waals surface area contributed by atoms with E-state index >= 15 is 0 Å². The van der Waals surface area contributed by atoms with Crippen molar-refractivity contribution in [1.82, 2.24) is 0 Å². The largest absolute Gasteiger partial charge is 0.245 e. The number of alkyl halides is 2. The third-order valence-corrected chi connectivity index (χ3v) is 1.66. The lowest BCUT2D eigenvalue weighted by Crippen LogP contribution is -2.07. The summed E-state index contributed by atoms with van der Waals surface area (Å²) in [5, 5.41) is 0. The molecular formula is C9H7F4. The Morgan fingerprint density at radius 1 is 1.15 bits per heavy atom. The van der Waals surface area contributed by atoms with Crippen molar-refractivity contribution >= 4 is 0 Å². The second-order valence-corrected chi connectivity index (χ2v) is 2.61. The minimum absolute atomic E-state index is 0.394. The van der Waals surface area contributed by atoms with Crippen LogP contribution in [-0.4, -0.2) is 6.43 Å². The molecule has 0 spiro atoms. The quantitative estimate of drug-likeness (QED) is 0.630. The van der Waals surface area contributed by atoms with Crippen molar-refractivity contribution in [3.8, 4) is 0 Å². The Morgan fingerprint density at radius 2 is 1.77 bits per heavy atom. The highest BCUT2D eigenvalue weighted by Crippen LogP contribution is 2.25. The molecular weight excluding hydrogens is 184 g/mol. The normalized spacial score (nSPS) is 13.4. The van der Waals surface area contributed by atoms with Gasteiger partial charge >= 0.3 is 0 Å². The minimum atomic E-state index is -2.80. The van der Waals surface area contributed by atoms with Crippen LogP contribution in [0, 0.1) is 18.6 Å². The lowest BCUT2D eigenvalue weighted by atomic mass is 10.0. The van der Waals surface area contributed by atoms with Gasteiger partial charge in [-0.05, 0) is 30.7 Å². The van der Waals surface area contributed by atoms with Crippen molar-refractivity contribution in [2.24, 2.45) is 0 Å². The van der Waals surface area contributed by atoms with Gasteiger partial charge in [-0.25, -0.2) is 17.6 Å². The Bertz CT molecular complexity index is 296. The van der Waals surface area contributed by atoms with Crippen LogP contribution in [0.3, 0.4) is 0 Å². The molecule has 0 aromatic heterocycles. The summed E-state index contributed by atoms with van der Waals surface area (Å²) >= 11 is 0. The molecule has 1 aromatic rings. The molecule has 0 N–H and O–H groups in total. The fraction of sp³-hybridized carbons (Fsp3) is 0.222. The Hall–Kier alpha value is -1.06. The zero-order chi connectivity index (χ0) is 10.0. The van der Waals surface area contributed by atoms with Crippen LogP contribution in [0.5, 0.6) is 0 Å². The van der Waals surface area contributed by atoms with E-state index in [-0.39, 0.29) is 0 Å². The Balaban J connectivity index is 3.05. The molecule has 0 aliphatic carbocycles. The van der Waals surface area contributed by atoms with Crippen LogP contribution in [0.2, 0.25) is 0 Å². The van der Waals surface area contributed by atoms with Gasteiger partial charge in [-0.15, -0.1) is 0 Å². The smallest absolute Gasteiger partial charge is 0.210 e. The predicted molar refractivity (Wildman–Crippen MR) is 40.5 cm³/mol. The molecule has 0 saturated carbocycles. The fourth-order valence-corrected chi connectivity index (χ4v) is 0.934. The first-order valence-electron chi connectivity index (χ1n) is 3.58. The Labute approximate surface area is 73.2 Å².